The molecule has 4 heteroatoms. The molecule has 0 N–H and O–H groups in total. The molecule has 1 atom stereocenters. The second-order valence-corrected chi connectivity index (χ2v) is 5.45. The molecule has 0 radical (unpaired) electrons. The summed E-state index contributed by atoms with van der Waals surface area (Å²) in [5.41, 5.74) is 1.19. The molecule has 0 aromatic carbocycles. The van der Waals surface area contributed by atoms with Crippen LogP contribution in [-0.2, 0) is 0 Å². The summed E-state index contributed by atoms with van der Waals surface area (Å²) >= 11 is 4.03. The van der Waals surface area contributed by atoms with Gasteiger partial charge in [0, 0.05) is 21.9 Å². The number of rotatable bonds is 3. The van der Waals surface area contributed by atoms with Crippen molar-refractivity contribution in [1.82, 2.24) is 9.97 Å². The topological polar surface area (TPSA) is 25.8 Å². The predicted octanol–water partition coefficient (Wildman–Crippen LogP) is 3.08. The van der Waals surface area contributed by atoms with Crippen LogP contribution in [0.25, 0.3) is 0 Å². The van der Waals surface area contributed by atoms with Crippen LogP contribution >= 0.6 is 34.4 Å². The Labute approximate surface area is 90.7 Å². The van der Waals surface area contributed by atoms with Gasteiger partial charge in [-0.25, -0.2) is 9.97 Å². The maximum atomic E-state index is 4.24. The third-order valence-corrected chi connectivity index (χ3v) is 2.86. The largest absolute Gasteiger partial charge is 0.231 e. The van der Waals surface area contributed by atoms with Gasteiger partial charge in [0.15, 0.2) is 5.16 Å². The highest BCUT2D eigenvalue weighted by atomic mass is 127. The van der Waals surface area contributed by atoms with Crippen molar-refractivity contribution >= 4 is 34.4 Å². The minimum Gasteiger partial charge on any atom is -0.231 e. The summed E-state index contributed by atoms with van der Waals surface area (Å²) in [6.07, 6.45) is 3.81. The summed E-state index contributed by atoms with van der Waals surface area (Å²) in [6, 6.07) is 0. The Kier molecular flexibility index (Phi) is 4.28. The average Bonchev–Trinajstić information content (AvgIpc) is 2.06. The first-order valence-electron chi connectivity index (χ1n) is 3.83. The monoisotopic (exact) mass is 294 g/mol. The first kappa shape index (κ1) is 10.2. The molecule has 1 aromatic rings. The summed E-state index contributed by atoms with van der Waals surface area (Å²) in [4.78, 5) is 8.47. The van der Waals surface area contributed by atoms with Gasteiger partial charge in [-0.15, -0.1) is 0 Å². The minimum absolute atomic E-state index is 0.489. The molecule has 2 nitrogen and oxygen atoms in total. The standard InChI is InChI=1S/C8H11IN2S/c1-3-12-8-10-4-7(5-11-8)6(2)9/h4-6H,3H2,1-2H3/t6-/m1/s1. The van der Waals surface area contributed by atoms with E-state index in [1.54, 1.807) is 11.8 Å². The van der Waals surface area contributed by atoms with E-state index < -0.39 is 0 Å². The van der Waals surface area contributed by atoms with Crippen molar-refractivity contribution in [3.8, 4) is 0 Å². The van der Waals surface area contributed by atoms with Crippen molar-refractivity contribution in [3.05, 3.63) is 18.0 Å². The average molecular weight is 294 g/mol. The zero-order valence-electron chi connectivity index (χ0n) is 7.12. The summed E-state index contributed by atoms with van der Waals surface area (Å²) in [5, 5.41) is 0.873. The molecule has 0 aliphatic heterocycles. The number of alkyl halides is 1. The predicted molar refractivity (Wildman–Crippen MR) is 60.9 cm³/mol. The van der Waals surface area contributed by atoms with E-state index in [1.165, 1.54) is 5.56 Å². The Bertz CT molecular complexity index is 235. The van der Waals surface area contributed by atoms with E-state index in [1.807, 2.05) is 12.4 Å². The van der Waals surface area contributed by atoms with Gasteiger partial charge in [0.25, 0.3) is 0 Å². The van der Waals surface area contributed by atoms with Crippen molar-refractivity contribution < 1.29 is 0 Å². The number of thioether (sulfide) groups is 1. The molecular formula is C8H11IN2S. The molecule has 0 aliphatic carbocycles. The molecule has 1 aromatic heterocycles. The van der Waals surface area contributed by atoms with E-state index in [0.717, 1.165) is 10.9 Å². The number of hydrogen-bond donors (Lipinski definition) is 0. The van der Waals surface area contributed by atoms with Crippen molar-refractivity contribution in [3.63, 3.8) is 0 Å². The van der Waals surface area contributed by atoms with Crippen LogP contribution in [0.4, 0.5) is 0 Å². The van der Waals surface area contributed by atoms with E-state index in [2.05, 4.69) is 46.4 Å². The quantitative estimate of drug-likeness (QED) is 0.371. The van der Waals surface area contributed by atoms with Crippen LogP contribution in [0, 0.1) is 0 Å². The van der Waals surface area contributed by atoms with E-state index in [9.17, 15) is 0 Å². The Morgan fingerprint density at radius 3 is 2.50 bits per heavy atom. The highest BCUT2D eigenvalue weighted by Crippen LogP contribution is 2.21. The van der Waals surface area contributed by atoms with E-state index in [0.29, 0.717) is 3.92 Å². The summed E-state index contributed by atoms with van der Waals surface area (Å²) in [5.74, 6) is 1.03. The van der Waals surface area contributed by atoms with Crippen molar-refractivity contribution in [2.75, 3.05) is 5.75 Å². The molecule has 0 aliphatic rings. The molecule has 66 valence electrons. The number of hydrogen-bond acceptors (Lipinski definition) is 3. The van der Waals surface area contributed by atoms with Gasteiger partial charge in [0.2, 0.25) is 0 Å². The van der Waals surface area contributed by atoms with Crippen LogP contribution in [0.2, 0.25) is 0 Å². The van der Waals surface area contributed by atoms with Gasteiger partial charge < -0.3 is 0 Å². The Balaban J connectivity index is 2.71. The van der Waals surface area contributed by atoms with Gasteiger partial charge in [0.05, 0.1) is 0 Å². The highest BCUT2D eigenvalue weighted by Gasteiger charge is 2.01. The van der Waals surface area contributed by atoms with Crippen LogP contribution in [0.15, 0.2) is 17.6 Å². The molecule has 0 amide bonds. The van der Waals surface area contributed by atoms with Crippen LogP contribution in [0.1, 0.15) is 23.3 Å². The van der Waals surface area contributed by atoms with E-state index in [4.69, 9.17) is 0 Å². The molecule has 1 rings (SSSR count). The third-order valence-electron chi connectivity index (χ3n) is 1.38. The molecular weight excluding hydrogens is 283 g/mol. The van der Waals surface area contributed by atoms with Crippen LogP contribution in [0.3, 0.4) is 0 Å². The first-order valence-corrected chi connectivity index (χ1v) is 6.06. The van der Waals surface area contributed by atoms with Gasteiger partial charge in [-0.2, -0.15) is 0 Å². The van der Waals surface area contributed by atoms with Gasteiger partial charge in [-0.05, 0) is 12.7 Å². The Hall–Kier alpha value is 0.160. The second kappa shape index (κ2) is 5.01. The lowest BCUT2D eigenvalue weighted by atomic mass is 10.3. The lowest BCUT2D eigenvalue weighted by Crippen LogP contribution is -1.90. The van der Waals surface area contributed by atoms with Crippen LogP contribution in [-0.4, -0.2) is 15.7 Å². The maximum absolute atomic E-state index is 4.24. The lowest BCUT2D eigenvalue weighted by Gasteiger charge is -2.02. The zero-order chi connectivity index (χ0) is 8.97. The summed E-state index contributed by atoms with van der Waals surface area (Å²) in [7, 11) is 0. The normalized spacial score (nSPS) is 12.9. The zero-order valence-corrected chi connectivity index (χ0v) is 10.1. The van der Waals surface area contributed by atoms with Gasteiger partial charge in [0.1, 0.15) is 0 Å². The van der Waals surface area contributed by atoms with Gasteiger partial charge in [-0.3, -0.25) is 0 Å². The van der Waals surface area contributed by atoms with Crippen molar-refractivity contribution in [2.24, 2.45) is 0 Å². The highest BCUT2D eigenvalue weighted by molar-refractivity contribution is 14.1. The molecule has 12 heavy (non-hydrogen) atoms. The molecule has 0 saturated carbocycles. The Morgan fingerprint density at radius 2 is 2.08 bits per heavy atom. The summed E-state index contributed by atoms with van der Waals surface area (Å²) < 4.78 is 0.489. The lowest BCUT2D eigenvalue weighted by molar-refractivity contribution is 0.927. The Morgan fingerprint density at radius 1 is 1.50 bits per heavy atom. The fourth-order valence-electron chi connectivity index (χ4n) is 0.735. The fraction of sp³-hybridized carbons (Fsp3) is 0.500. The molecule has 0 bridgehead atoms. The first-order chi connectivity index (χ1) is 5.74. The molecule has 1 heterocycles. The maximum Gasteiger partial charge on any atom is 0.187 e. The van der Waals surface area contributed by atoms with E-state index >= 15 is 0 Å². The van der Waals surface area contributed by atoms with Crippen LogP contribution in [0.5, 0.6) is 0 Å². The molecule has 0 spiro atoms. The fourth-order valence-corrected chi connectivity index (χ4v) is 1.57. The number of halogens is 1. The molecule has 0 saturated heterocycles. The van der Waals surface area contributed by atoms with Crippen molar-refractivity contribution in [2.45, 2.75) is 22.9 Å². The minimum atomic E-state index is 0.489. The van der Waals surface area contributed by atoms with E-state index in [-0.39, 0.29) is 0 Å². The summed E-state index contributed by atoms with van der Waals surface area (Å²) in [6.45, 7) is 4.23. The SMILES string of the molecule is CCSc1ncc([C@@H](C)I)cn1. The number of nitrogens with zero attached hydrogens (tertiary/aromatic N) is 2. The molecule has 0 fully saturated rings. The van der Waals surface area contributed by atoms with Gasteiger partial charge >= 0.3 is 0 Å². The van der Waals surface area contributed by atoms with Gasteiger partial charge in [-0.1, -0.05) is 41.3 Å². The molecule has 0 unspecified atom stereocenters. The second-order valence-electron chi connectivity index (χ2n) is 2.35. The third kappa shape index (κ3) is 2.90. The van der Waals surface area contributed by atoms with Crippen molar-refractivity contribution in [1.29, 1.82) is 0 Å². The van der Waals surface area contributed by atoms with Crippen LogP contribution < -0.4 is 0 Å². The number of aromatic nitrogens is 2. The smallest absolute Gasteiger partial charge is 0.187 e.